The summed E-state index contributed by atoms with van der Waals surface area (Å²) in [7, 11) is 2.45. The lowest BCUT2D eigenvalue weighted by Crippen LogP contribution is -2.42. The predicted octanol–water partition coefficient (Wildman–Crippen LogP) is 1.11. The van der Waals surface area contributed by atoms with Crippen LogP contribution < -0.4 is 0 Å². The van der Waals surface area contributed by atoms with Crippen LogP contribution in [0.3, 0.4) is 0 Å². The molecule has 98 valence electrons. The molecule has 1 heterocycles. The van der Waals surface area contributed by atoms with Crippen molar-refractivity contribution in [1.82, 2.24) is 14.8 Å². The number of hydrogen-bond donors (Lipinski definition) is 0. The second-order valence-corrected chi connectivity index (χ2v) is 6.77. The smallest absolute Gasteiger partial charge is 0.377 e. The zero-order valence-electron chi connectivity index (χ0n) is 11.0. The minimum absolute atomic E-state index is 0.776. The molecule has 0 N–H and O–H groups in total. The summed E-state index contributed by atoms with van der Waals surface area (Å²) in [6, 6.07) is 0.776. The minimum atomic E-state index is -2.43. The summed E-state index contributed by atoms with van der Waals surface area (Å²) < 4.78 is 17.9. The third-order valence-corrected chi connectivity index (χ3v) is 5.54. The van der Waals surface area contributed by atoms with E-state index in [1.165, 1.54) is 0 Å². The molecular weight excluding hydrogens is 238 g/mol. The molecule has 0 radical (unpaired) electrons. The van der Waals surface area contributed by atoms with Crippen LogP contribution >= 0.6 is 0 Å². The van der Waals surface area contributed by atoms with Crippen LogP contribution in [0.15, 0.2) is 6.33 Å². The van der Waals surface area contributed by atoms with Crippen molar-refractivity contribution in [3.63, 3.8) is 0 Å². The number of rotatable bonds is 8. The number of nitrogens with zero attached hydrogens (tertiary/aromatic N) is 3. The Hall–Kier alpha value is -0.763. The standard InChI is InChI=1S/C10H21N3O3Si/c1-5-10-11-9-13(12-10)7-6-8-17(14-2,15-3)16-4/h9H,5-8H2,1-4H3. The van der Waals surface area contributed by atoms with Crippen molar-refractivity contribution in [3.8, 4) is 0 Å². The largest absolute Gasteiger partial charge is 0.500 e. The van der Waals surface area contributed by atoms with Crippen LogP contribution in [0.1, 0.15) is 19.2 Å². The van der Waals surface area contributed by atoms with Crippen LogP contribution in [-0.4, -0.2) is 44.9 Å². The molecule has 7 heteroatoms. The molecule has 0 fully saturated rings. The molecule has 0 saturated heterocycles. The Bertz CT molecular complexity index is 320. The Morgan fingerprint density at radius 1 is 1.24 bits per heavy atom. The lowest BCUT2D eigenvalue weighted by Gasteiger charge is -2.24. The van der Waals surface area contributed by atoms with Crippen molar-refractivity contribution in [1.29, 1.82) is 0 Å². The first kappa shape index (κ1) is 14.3. The summed E-state index contributed by atoms with van der Waals surface area (Å²) in [6.45, 7) is 2.84. The van der Waals surface area contributed by atoms with Gasteiger partial charge in [-0.1, -0.05) is 6.92 Å². The van der Waals surface area contributed by atoms with Gasteiger partial charge < -0.3 is 13.3 Å². The molecule has 1 aromatic heterocycles. The van der Waals surface area contributed by atoms with E-state index in [9.17, 15) is 0 Å². The maximum atomic E-state index is 5.35. The van der Waals surface area contributed by atoms with Crippen LogP contribution in [0.25, 0.3) is 0 Å². The van der Waals surface area contributed by atoms with E-state index >= 15 is 0 Å². The molecule has 0 aliphatic carbocycles. The van der Waals surface area contributed by atoms with Gasteiger partial charge in [0.25, 0.3) is 0 Å². The summed E-state index contributed by atoms with van der Waals surface area (Å²) in [6.07, 6.45) is 3.52. The Kier molecular flexibility index (Phi) is 5.76. The highest BCUT2D eigenvalue weighted by molar-refractivity contribution is 6.60. The van der Waals surface area contributed by atoms with Gasteiger partial charge in [-0.3, -0.25) is 4.68 Å². The fourth-order valence-electron chi connectivity index (χ4n) is 1.62. The fraction of sp³-hybridized carbons (Fsp3) is 0.800. The van der Waals surface area contributed by atoms with Crippen molar-refractivity contribution in [2.75, 3.05) is 21.3 Å². The van der Waals surface area contributed by atoms with Gasteiger partial charge in [0, 0.05) is 40.3 Å². The van der Waals surface area contributed by atoms with Gasteiger partial charge in [0.1, 0.15) is 12.2 Å². The molecular formula is C10H21N3O3Si. The van der Waals surface area contributed by atoms with Crippen LogP contribution in [0, 0.1) is 0 Å². The zero-order valence-corrected chi connectivity index (χ0v) is 12.0. The van der Waals surface area contributed by atoms with E-state index in [0.29, 0.717) is 0 Å². The molecule has 0 saturated carbocycles. The van der Waals surface area contributed by atoms with Gasteiger partial charge in [0.05, 0.1) is 0 Å². The van der Waals surface area contributed by atoms with Crippen LogP contribution in [0.5, 0.6) is 0 Å². The van der Waals surface area contributed by atoms with E-state index in [2.05, 4.69) is 10.1 Å². The highest BCUT2D eigenvalue weighted by Gasteiger charge is 2.36. The normalized spacial score (nSPS) is 12.0. The third kappa shape index (κ3) is 3.88. The molecule has 0 aliphatic heterocycles. The topological polar surface area (TPSA) is 58.4 Å². The van der Waals surface area contributed by atoms with Crippen molar-refractivity contribution in [3.05, 3.63) is 12.2 Å². The first-order chi connectivity index (χ1) is 8.19. The molecule has 1 rings (SSSR count). The maximum Gasteiger partial charge on any atom is 0.500 e. The van der Waals surface area contributed by atoms with Crippen molar-refractivity contribution < 1.29 is 13.3 Å². The minimum Gasteiger partial charge on any atom is -0.377 e. The van der Waals surface area contributed by atoms with Crippen molar-refractivity contribution in [2.24, 2.45) is 0 Å². The predicted molar refractivity (Wildman–Crippen MR) is 65.6 cm³/mol. The van der Waals surface area contributed by atoms with E-state index in [1.807, 2.05) is 11.6 Å². The summed E-state index contributed by atoms with van der Waals surface area (Å²) in [5.41, 5.74) is 0. The van der Waals surface area contributed by atoms with Gasteiger partial charge in [-0.05, 0) is 6.42 Å². The molecule has 6 nitrogen and oxygen atoms in total. The summed E-state index contributed by atoms with van der Waals surface area (Å²) in [5.74, 6) is 0.874. The van der Waals surface area contributed by atoms with E-state index in [0.717, 1.165) is 31.3 Å². The Labute approximate surface area is 103 Å². The molecule has 1 aromatic rings. The SMILES string of the molecule is CCc1ncn(CCC[Si](OC)(OC)OC)n1. The highest BCUT2D eigenvalue weighted by Crippen LogP contribution is 2.15. The van der Waals surface area contributed by atoms with Gasteiger partial charge in [-0.15, -0.1) is 0 Å². The zero-order chi connectivity index (χ0) is 12.7. The van der Waals surface area contributed by atoms with Crippen LogP contribution in [0.2, 0.25) is 6.04 Å². The van der Waals surface area contributed by atoms with Crippen molar-refractivity contribution in [2.45, 2.75) is 32.4 Å². The average molecular weight is 259 g/mol. The Morgan fingerprint density at radius 2 is 1.88 bits per heavy atom. The quantitative estimate of drug-likeness (QED) is 0.655. The Balaban J connectivity index is 2.40. The third-order valence-electron chi connectivity index (χ3n) is 2.70. The monoisotopic (exact) mass is 259 g/mol. The van der Waals surface area contributed by atoms with E-state index in [1.54, 1.807) is 27.7 Å². The van der Waals surface area contributed by atoms with Crippen LogP contribution in [0.4, 0.5) is 0 Å². The molecule has 0 aromatic carbocycles. The summed E-state index contributed by atoms with van der Waals surface area (Å²) >= 11 is 0. The lowest BCUT2D eigenvalue weighted by molar-refractivity contribution is 0.122. The summed E-state index contributed by atoms with van der Waals surface area (Å²) in [4.78, 5) is 4.18. The van der Waals surface area contributed by atoms with Gasteiger partial charge in [0.2, 0.25) is 0 Å². The van der Waals surface area contributed by atoms with E-state index in [4.69, 9.17) is 13.3 Å². The molecule has 0 spiro atoms. The highest BCUT2D eigenvalue weighted by atomic mass is 28.4. The summed E-state index contributed by atoms with van der Waals surface area (Å²) in [5, 5.41) is 4.32. The fourth-order valence-corrected chi connectivity index (χ4v) is 3.32. The van der Waals surface area contributed by atoms with E-state index < -0.39 is 8.80 Å². The van der Waals surface area contributed by atoms with E-state index in [-0.39, 0.29) is 0 Å². The van der Waals surface area contributed by atoms with Gasteiger partial charge in [-0.2, -0.15) is 5.10 Å². The molecule has 17 heavy (non-hydrogen) atoms. The number of aryl methyl sites for hydroxylation is 2. The van der Waals surface area contributed by atoms with Gasteiger partial charge in [-0.25, -0.2) is 4.98 Å². The first-order valence-electron chi connectivity index (χ1n) is 5.73. The average Bonchev–Trinajstić information content (AvgIpc) is 2.83. The number of hydrogen-bond acceptors (Lipinski definition) is 5. The Morgan fingerprint density at radius 3 is 2.35 bits per heavy atom. The van der Waals surface area contributed by atoms with Gasteiger partial charge in [0.15, 0.2) is 0 Å². The molecule has 0 bridgehead atoms. The lowest BCUT2D eigenvalue weighted by atomic mass is 10.5. The van der Waals surface area contributed by atoms with Crippen LogP contribution in [-0.2, 0) is 26.2 Å². The number of aromatic nitrogens is 3. The maximum absolute atomic E-state index is 5.35. The van der Waals surface area contributed by atoms with Gasteiger partial charge >= 0.3 is 8.80 Å². The van der Waals surface area contributed by atoms with Crippen molar-refractivity contribution >= 4 is 8.80 Å². The molecule has 0 unspecified atom stereocenters. The molecule has 0 aliphatic rings. The second kappa shape index (κ2) is 6.85. The second-order valence-electron chi connectivity index (χ2n) is 3.68. The molecule has 0 amide bonds. The first-order valence-corrected chi connectivity index (χ1v) is 7.66. The molecule has 0 atom stereocenters.